The number of aromatic nitrogens is 1. The molecular formula is C11H9BrF5NO3. The zero-order valence-electron chi connectivity index (χ0n) is 10.5. The molecule has 21 heavy (non-hydrogen) atoms. The Balaban J connectivity index is 3.33. The second-order valence-electron chi connectivity index (χ2n) is 3.73. The number of pyridine rings is 1. The van der Waals surface area contributed by atoms with E-state index >= 15 is 0 Å². The number of hydrogen-bond donors (Lipinski definition) is 0. The van der Waals surface area contributed by atoms with E-state index in [0.29, 0.717) is 0 Å². The van der Waals surface area contributed by atoms with Gasteiger partial charge in [0.25, 0.3) is 6.43 Å². The molecule has 118 valence electrons. The summed E-state index contributed by atoms with van der Waals surface area (Å²) < 4.78 is 70.5. The maximum atomic E-state index is 12.9. The van der Waals surface area contributed by atoms with E-state index in [0.717, 1.165) is 13.2 Å². The van der Waals surface area contributed by atoms with Gasteiger partial charge in [0.15, 0.2) is 0 Å². The molecule has 0 spiro atoms. The third kappa shape index (κ3) is 5.10. The van der Waals surface area contributed by atoms with Crippen LogP contribution in [-0.4, -0.2) is 24.4 Å². The highest BCUT2D eigenvalue weighted by Gasteiger charge is 2.35. The number of rotatable bonds is 5. The van der Waals surface area contributed by atoms with Crippen LogP contribution in [-0.2, 0) is 21.3 Å². The Bertz CT molecular complexity index is 521. The van der Waals surface area contributed by atoms with Crippen molar-refractivity contribution in [3.8, 4) is 5.88 Å². The summed E-state index contributed by atoms with van der Waals surface area (Å²) in [5.41, 5.74) is -1.30. The molecular weight excluding hydrogens is 369 g/mol. The molecule has 0 bridgehead atoms. The van der Waals surface area contributed by atoms with Crippen LogP contribution in [0.1, 0.15) is 23.2 Å². The van der Waals surface area contributed by atoms with Crippen molar-refractivity contribution in [2.24, 2.45) is 0 Å². The van der Waals surface area contributed by atoms with Gasteiger partial charge in [0.05, 0.1) is 24.8 Å². The second-order valence-corrected chi connectivity index (χ2v) is 4.29. The lowest BCUT2D eigenvalue weighted by Crippen LogP contribution is -2.20. The van der Waals surface area contributed by atoms with E-state index in [9.17, 15) is 26.7 Å². The highest BCUT2D eigenvalue weighted by atomic mass is 79.9. The third-order valence-corrected chi connectivity index (χ3v) is 2.89. The Kier molecular flexibility index (Phi) is 5.87. The fraction of sp³-hybridized carbons (Fsp3) is 0.455. The number of esters is 1. The van der Waals surface area contributed by atoms with Crippen molar-refractivity contribution in [2.75, 3.05) is 7.11 Å². The minimum atomic E-state index is -5.18. The van der Waals surface area contributed by atoms with Gasteiger partial charge in [-0.3, -0.25) is 4.79 Å². The fourth-order valence-corrected chi connectivity index (χ4v) is 1.95. The van der Waals surface area contributed by atoms with Gasteiger partial charge >= 0.3 is 12.3 Å². The lowest BCUT2D eigenvalue weighted by molar-refractivity contribution is -0.276. The first-order valence-electron chi connectivity index (χ1n) is 5.37. The van der Waals surface area contributed by atoms with Crippen molar-refractivity contribution in [1.29, 1.82) is 0 Å². The van der Waals surface area contributed by atoms with Crippen LogP contribution in [0.15, 0.2) is 6.07 Å². The van der Waals surface area contributed by atoms with Gasteiger partial charge in [-0.05, 0) is 11.6 Å². The number of hydrogen-bond acceptors (Lipinski definition) is 4. The summed E-state index contributed by atoms with van der Waals surface area (Å²) in [6, 6.07) is 1.09. The Morgan fingerprint density at radius 1 is 1.43 bits per heavy atom. The maximum Gasteiger partial charge on any atom is 0.574 e. The molecule has 0 amide bonds. The van der Waals surface area contributed by atoms with Gasteiger partial charge in [0.1, 0.15) is 0 Å². The quantitative estimate of drug-likeness (QED) is 0.447. The van der Waals surface area contributed by atoms with Crippen molar-refractivity contribution >= 4 is 21.9 Å². The Hall–Kier alpha value is -1.45. The molecule has 1 aromatic heterocycles. The molecule has 10 heteroatoms. The summed E-state index contributed by atoms with van der Waals surface area (Å²) >= 11 is 2.89. The van der Waals surface area contributed by atoms with Gasteiger partial charge in [-0.15, -0.1) is 13.2 Å². The third-order valence-electron chi connectivity index (χ3n) is 2.29. The van der Waals surface area contributed by atoms with Crippen LogP contribution in [0.25, 0.3) is 0 Å². The second kappa shape index (κ2) is 7.01. The Morgan fingerprint density at radius 3 is 2.48 bits per heavy atom. The highest BCUT2D eigenvalue weighted by Crippen LogP contribution is 2.35. The van der Waals surface area contributed by atoms with E-state index in [1.807, 2.05) is 0 Å². The number of carbonyl (C=O) groups is 1. The summed E-state index contributed by atoms with van der Waals surface area (Å²) in [6.07, 6.45) is -8.85. The van der Waals surface area contributed by atoms with Gasteiger partial charge in [-0.2, -0.15) is 0 Å². The van der Waals surface area contributed by atoms with Gasteiger partial charge in [-0.1, -0.05) is 15.9 Å². The molecule has 0 atom stereocenters. The molecule has 0 aliphatic carbocycles. The predicted molar refractivity (Wildman–Crippen MR) is 64.2 cm³/mol. The van der Waals surface area contributed by atoms with Crippen LogP contribution < -0.4 is 4.74 Å². The highest BCUT2D eigenvalue weighted by molar-refractivity contribution is 9.08. The zero-order chi connectivity index (χ0) is 16.2. The standard InChI is InChI=1S/C11H9BrF5NO3/c1-20-7(19)3-6-2-5(4-12)8(9(13)14)10(18-6)21-11(15,16)17/h2,9H,3-4H2,1H3. The minimum Gasteiger partial charge on any atom is -0.469 e. The smallest absolute Gasteiger partial charge is 0.469 e. The van der Waals surface area contributed by atoms with Crippen molar-refractivity contribution < 1.29 is 36.2 Å². The topological polar surface area (TPSA) is 48.4 Å². The first kappa shape index (κ1) is 17.6. The van der Waals surface area contributed by atoms with Crippen LogP contribution in [0.5, 0.6) is 5.88 Å². The summed E-state index contributed by atoms with van der Waals surface area (Å²) in [6.45, 7) is 0. The molecule has 0 saturated heterocycles. The molecule has 0 saturated carbocycles. The van der Waals surface area contributed by atoms with E-state index in [1.54, 1.807) is 0 Å². The first-order valence-corrected chi connectivity index (χ1v) is 6.49. The average molecular weight is 378 g/mol. The first-order chi connectivity index (χ1) is 9.67. The number of nitrogens with zero attached hydrogens (tertiary/aromatic N) is 1. The molecule has 1 heterocycles. The molecule has 0 radical (unpaired) electrons. The van der Waals surface area contributed by atoms with Crippen molar-refractivity contribution in [3.05, 3.63) is 22.9 Å². The number of ether oxygens (including phenoxy) is 2. The van der Waals surface area contributed by atoms with Crippen LogP contribution in [0.4, 0.5) is 22.0 Å². The summed E-state index contributed by atoms with van der Waals surface area (Å²) in [4.78, 5) is 14.4. The van der Waals surface area contributed by atoms with E-state index < -0.39 is 36.6 Å². The zero-order valence-corrected chi connectivity index (χ0v) is 12.1. The number of methoxy groups -OCH3 is 1. The molecule has 0 aliphatic heterocycles. The molecule has 0 unspecified atom stereocenters. The Morgan fingerprint density at radius 2 is 2.05 bits per heavy atom. The van der Waals surface area contributed by atoms with Gasteiger partial charge in [-0.25, -0.2) is 13.8 Å². The Labute approximate surface area is 124 Å². The summed E-state index contributed by atoms with van der Waals surface area (Å²) in [7, 11) is 1.08. The molecule has 1 rings (SSSR count). The summed E-state index contributed by atoms with van der Waals surface area (Å²) in [5.74, 6) is -2.04. The van der Waals surface area contributed by atoms with Gasteiger partial charge < -0.3 is 9.47 Å². The van der Waals surface area contributed by atoms with E-state index in [2.05, 4.69) is 30.4 Å². The van der Waals surface area contributed by atoms with E-state index in [-0.39, 0.29) is 16.6 Å². The van der Waals surface area contributed by atoms with Crippen LogP contribution in [0, 0.1) is 0 Å². The molecule has 4 nitrogen and oxygen atoms in total. The average Bonchev–Trinajstić information content (AvgIpc) is 2.35. The largest absolute Gasteiger partial charge is 0.574 e. The molecule has 0 aliphatic rings. The lowest BCUT2D eigenvalue weighted by atomic mass is 10.1. The molecule has 0 N–H and O–H groups in total. The van der Waals surface area contributed by atoms with Gasteiger partial charge in [0, 0.05) is 5.33 Å². The molecule has 0 aromatic carbocycles. The number of carbonyl (C=O) groups excluding carboxylic acids is 1. The van der Waals surface area contributed by atoms with Crippen LogP contribution in [0.2, 0.25) is 0 Å². The fourth-order valence-electron chi connectivity index (χ4n) is 1.48. The van der Waals surface area contributed by atoms with Crippen molar-refractivity contribution in [1.82, 2.24) is 4.98 Å². The number of alkyl halides is 6. The lowest BCUT2D eigenvalue weighted by Gasteiger charge is -2.16. The normalized spacial score (nSPS) is 11.6. The minimum absolute atomic E-state index is 0.154. The van der Waals surface area contributed by atoms with Crippen molar-refractivity contribution in [3.63, 3.8) is 0 Å². The SMILES string of the molecule is COC(=O)Cc1cc(CBr)c(C(F)F)c(OC(F)(F)F)n1. The van der Waals surface area contributed by atoms with Gasteiger partial charge in [0.2, 0.25) is 5.88 Å². The molecule has 1 aromatic rings. The van der Waals surface area contributed by atoms with E-state index in [4.69, 9.17) is 0 Å². The summed E-state index contributed by atoms with van der Waals surface area (Å²) in [5, 5.41) is -0.155. The predicted octanol–water partition coefficient (Wildman–Crippen LogP) is 3.53. The number of halogens is 6. The van der Waals surface area contributed by atoms with Crippen LogP contribution >= 0.6 is 15.9 Å². The molecule has 0 fully saturated rings. The van der Waals surface area contributed by atoms with Crippen LogP contribution in [0.3, 0.4) is 0 Å². The van der Waals surface area contributed by atoms with Crippen molar-refractivity contribution in [2.45, 2.75) is 24.5 Å². The van der Waals surface area contributed by atoms with E-state index in [1.165, 1.54) is 0 Å². The maximum absolute atomic E-state index is 12.9. The monoisotopic (exact) mass is 377 g/mol.